The number of carbonyl (C=O) groups is 1. The van der Waals surface area contributed by atoms with Crippen LogP contribution in [0.4, 0.5) is 5.95 Å². The van der Waals surface area contributed by atoms with Crippen LogP contribution in [-0.2, 0) is 6.54 Å². The van der Waals surface area contributed by atoms with Crippen molar-refractivity contribution in [2.24, 2.45) is 0 Å². The maximum absolute atomic E-state index is 12.9. The van der Waals surface area contributed by atoms with Crippen molar-refractivity contribution in [1.82, 2.24) is 9.55 Å². The molecule has 0 radical (unpaired) electrons. The van der Waals surface area contributed by atoms with Crippen LogP contribution in [0.1, 0.15) is 21.7 Å². The van der Waals surface area contributed by atoms with E-state index in [0.717, 1.165) is 47.2 Å². The molecule has 0 saturated heterocycles. The first-order valence-electron chi connectivity index (χ1n) is 7.72. The Morgan fingerprint density at radius 2 is 2.00 bits per heavy atom. The van der Waals surface area contributed by atoms with Gasteiger partial charge in [0, 0.05) is 24.8 Å². The molecule has 5 heteroatoms. The van der Waals surface area contributed by atoms with Crippen LogP contribution in [0.25, 0.3) is 11.3 Å². The minimum atomic E-state index is 0.0589. The highest BCUT2D eigenvalue weighted by molar-refractivity contribution is 7.12. The number of amides is 1. The maximum atomic E-state index is 12.9. The molecular formula is C18H17N3OS. The summed E-state index contributed by atoms with van der Waals surface area (Å²) in [4.78, 5) is 20.2. The summed E-state index contributed by atoms with van der Waals surface area (Å²) in [6.07, 6.45) is 3.00. The van der Waals surface area contributed by atoms with E-state index in [0.29, 0.717) is 0 Å². The topological polar surface area (TPSA) is 38.1 Å². The Balaban J connectivity index is 1.73. The number of nitrogens with zero attached hydrogens (tertiary/aromatic N) is 3. The lowest BCUT2D eigenvalue weighted by atomic mass is 10.2. The monoisotopic (exact) mass is 323 g/mol. The number of fused-ring (bicyclic) bond motifs is 1. The predicted octanol–water partition coefficient (Wildman–Crippen LogP) is 3.97. The Hall–Kier alpha value is -2.40. The zero-order valence-electron chi connectivity index (χ0n) is 12.9. The predicted molar refractivity (Wildman–Crippen MR) is 93.0 cm³/mol. The lowest BCUT2D eigenvalue weighted by molar-refractivity contribution is 0.0984. The Bertz CT molecular complexity index is 850. The van der Waals surface area contributed by atoms with Gasteiger partial charge in [-0.25, -0.2) is 4.98 Å². The van der Waals surface area contributed by atoms with E-state index in [2.05, 4.69) is 4.57 Å². The van der Waals surface area contributed by atoms with Crippen molar-refractivity contribution in [2.75, 3.05) is 11.4 Å². The number of rotatable bonds is 2. The van der Waals surface area contributed by atoms with Crippen LogP contribution in [-0.4, -0.2) is 22.0 Å². The first-order chi connectivity index (χ1) is 11.2. The molecule has 1 aliphatic rings. The van der Waals surface area contributed by atoms with Crippen molar-refractivity contribution in [3.05, 3.63) is 58.4 Å². The molecule has 0 saturated carbocycles. The molecule has 0 aliphatic carbocycles. The van der Waals surface area contributed by atoms with Gasteiger partial charge in [0.15, 0.2) is 0 Å². The average Bonchev–Trinajstić information content (AvgIpc) is 3.20. The molecule has 0 N–H and O–H groups in total. The third kappa shape index (κ3) is 2.47. The van der Waals surface area contributed by atoms with E-state index in [1.165, 1.54) is 11.3 Å². The molecule has 0 unspecified atom stereocenters. The molecule has 0 atom stereocenters. The van der Waals surface area contributed by atoms with Crippen LogP contribution in [0.3, 0.4) is 0 Å². The Morgan fingerprint density at radius 1 is 1.17 bits per heavy atom. The molecule has 116 valence electrons. The zero-order chi connectivity index (χ0) is 15.8. The van der Waals surface area contributed by atoms with Crippen LogP contribution >= 0.6 is 11.3 Å². The summed E-state index contributed by atoms with van der Waals surface area (Å²) in [6.45, 7) is 3.61. The molecule has 1 aliphatic heterocycles. The number of aromatic nitrogens is 2. The Kier molecular flexibility index (Phi) is 3.50. The quantitative estimate of drug-likeness (QED) is 0.715. The first-order valence-corrected chi connectivity index (χ1v) is 8.60. The van der Waals surface area contributed by atoms with Gasteiger partial charge in [0.05, 0.1) is 10.6 Å². The lowest BCUT2D eigenvalue weighted by Gasteiger charge is -2.26. The molecule has 23 heavy (non-hydrogen) atoms. The van der Waals surface area contributed by atoms with Gasteiger partial charge in [-0.3, -0.25) is 9.69 Å². The van der Waals surface area contributed by atoms with Crippen molar-refractivity contribution in [1.29, 1.82) is 0 Å². The molecule has 0 spiro atoms. The molecule has 4 rings (SSSR count). The number of aryl methyl sites for hydroxylation is 2. The van der Waals surface area contributed by atoms with Crippen molar-refractivity contribution in [3.63, 3.8) is 0 Å². The second kappa shape index (κ2) is 5.66. The average molecular weight is 323 g/mol. The summed E-state index contributed by atoms with van der Waals surface area (Å²) < 4.78 is 2.09. The van der Waals surface area contributed by atoms with Crippen LogP contribution in [0, 0.1) is 6.92 Å². The number of carbonyl (C=O) groups excluding carboxylic acids is 1. The second-order valence-electron chi connectivity index (χ2n) is 5.73. The first kappa shape index (κ1) is 14.2. The zero-order valence-corrected chi connectivity index (χ0v) is 13.7. The highest BCUT2D eigenvalue weighted by atomic mass is 32.1. The number of thiophene rings is 1. The van der Waals surface area contributed by atoms with Gasteiger partial charge >= 0.3 is 0 Å². The van der Waals surface area contributed by atoms with Gasteiger partial charge in [0.2, 0.25) is 5.95 Å². The van der Waals surface area contributed by atoms with Crippen LogP contribution in [0.5, 0.6) is 0 Å². The van der Waals surface area contributed by atoms with Crippen LogP contribution < -0.4 is 4.90 Å². The number of anilines is 1. The third-order valence-corrected chi connectivity index (χ3v) is 5.15. The molecular weight excluding hydrogens is 306 g/mol. The summed E-state index contributed by atoms with van der Waals surface area (Å²) in [5, 5.41) is 1.97. The lowest BCUT2D eigenvalue weighted by Crippen LogP contribution is -2.37. The van der Waals surface area contributed by atoms with Gasteiger partial charge in [-0.05, 0) is 30.4 Å². The van der Waals surface area contributed by atoms with E-state index >= 15 is 0 Å². The fourth-order valence-corrected chi connectivity index (χ4v) is 3.81. The highest BCUT2D eigenvalue weighted by Gasteiger charge is 2.27. The standard InChI is InChI=1S/C18H17N3OS/c1-13-8-11-23-16(13)17(22)21-10-5-9-20-12-15(19-18(20)21)14-6-3-2-4-7-14/h2-4,6-8,11-12H,5,9-10H2,1H3. The molecule has 0 fully saturated rings. The van der Waals surface area contributed by atoms with Gasteiger partial charge in [0.1, 0.15) is 0 Å². The van der Waals surface area contributed by atoms with Crippen molar-refractivity contribution < 1.29 is 4.79 Å². The summed E-state index contributed by atoms with van der Waals surface area (Å²) >= 11 is 1.50. The van der Waals surface area contributed by atoms with Crippen LogP contribution in [0.2, 0.25) is 0 Å². The molecule has 3 aromatic rings. The summed E-state index contributed by atoms with van der Waals surface area (Å²) in [7, 11) is 0. The van der Waals surface area contributed by atoms with Gasteiger partial charge in [-0.15, -0.1) is 11.3 Å². The number of hydrogen-bond acceptors (Lipinski definition) is 3. The fraction of sp³-hybridized carbons (Fsp3) is 0.222. The van der Waals surface area contributed by atoms with Gasteiger partial charge < -0.3 is 4.57 Å². The largest absolute Gasteiger partial charge is 0.316 e. The third-order valence-electron chi connectivity index (χ3n) is 4.15. The van der Waals surface area contributed by atoms with E-state index < -0.39 is 0 Å². The van der Waals surface area contributed by atoms with Gasteiger partial charge in [-0.2, -0.15) is 0 Å². The normalized spacial score (nSPS) is 13.9. The van der Waals surface area contributed by atoms with Crippen molar-refractivity contribution in [2.45, 2.75) is 19.9 Å². The summed E-state index contributed by atoms with van der Waals surface area (Å²) in [5.41, 5.74) is 3.03. The number of imidazole rings is 1. The molecule has 1 aromatic carbocycles. The number of benzene rings is 1. The highest BCUT2D eigenvalue weighted by Crippen LogP contribution is 2.28. The summed E-state index contributed by atoms with van der Waals surface area (Å²) in [5.74, 6) is 0.816. The molecule has 1 amide bonds. The molecule has 4 nitrogen and oxygen atoms in total. The second-order valence-corrected chi connectivity index (χ2v) is 6.64. The molecule has 0 bridgehead atoms. The maximum Gasteiger partial charge on any atom is 0.270 e. The van der Waals surface area contributed by atoms with Gasteiger partial charge in [0.25, 0.3) is 5.91 Å². The van der Waals surface area contributed by atoms with Crippen LogP contribution in [0.15, 0.2) is 48.0 Å². The van der Waals surface area contributed by atoms with Gasteiger partial charge in [-0.1, -0.05) is 30.3 Å². The molecule has 3 heterocycles. The van der Waals surface area contributed by atoms with E-state index in [4.69, 9.17) is 4.98 Å². The SMILES string of the molecule is Cc1ccsc1C(=O)N1CCCn2cc(-c3ccccc3)nc21. The van der Waals surface area contributed by atoms with E-state index in [-0.39, 0.29) is 5.91 Å². The smallest absolute Gasteiger partial charge is 0.270 e. The minimum Gasteiger partial charge on any atom is -0.316 e. The molecule has 2 aromatic heterocycles. The van der Waals surface area contributed by atoms with Crippen molar-refractivity contribution in [3.8, 4) is 11.3 Å². The van der Waals surface area contributed by atoms with E-state index in [1.807, 2.05) is 59.8 Å². The fourth-order valence-electron chi connectivity index (χ4n) is 2.94. The Morgan fingerprint density at radius 3 is 2.74 bits per heavy atom. The van der Waals surface area contributed by atoms with E-state index in [1.54, 1.807) is 0 Å². The van der Waals surface area contributed by atoms with E-state index in [9.17, 15) is 4.79 Å². The summed E-state index contributed by atoms with van der Waals surface area (Å²) in [6, 6.07) is 12.1. The minimum absolute atomic E-state index is 0.0589. The van der Waals surface area contributed by atoms with Crippen molar-refractivity contribution >= 4 is 23.2 Å². The number of hydrogen-bond donors (Lipinski definition) is 0. The Labute approximate surface area is 139 Å².